The van der Waals surface area contributed by atoms with Crippen LogP contribution in [0.3, 0.4) is 0 Å². The average Bonchev–Trinajstić information content (AvgIpc) is 3.63. The minimum Gasteiger partial charge on any atom is -0.338 e. The number of carbonyl (C=O) groups is 3. The Morgan fingerprint density at radius 1 is 0.861 bits per heavy atom. The Hall–Kier alpha value is -4.24. The Labute approximate surface area is 212 Å². The summed E-state index contributed by atoms with van der Waals surface area (Å²) in [5.74, 6) is -0.989. The van der Waals surface area contributed by atoms with Gasteiger partial charge in [0.25, 0.3) is 11.8 Å². The lowest BCUT2D eigenvalue weighted by Crippen LogP contribution is -2.48. The van der Waals surface area contributed by atoms with E-state index in [1.54, 1.807) is 15.8 Å². The summed E-state index contributed by atoms with van der Waals surface area (Å²) >= 11 is 1.42. The van der Waals surface area contributed by atoms with E-state index in [1.165, 1.54) is 11.3 Å². The van der Waals surface area contributed by atoms with Crippen LogP contribution in [0.2, 0.25) is 0 Å². The second kappa shape index (κ2) is 10.6. The maximum absolute atomic E-state index is 13.1. The van der Waals surface area contributed by atoms with Gasteiger partial charge < -0.3 is 4.90 Å². The van der Waals surface area contributed by atoms with Gasteiger partial charge in [0, 0.05) is 30.8 Å². The summed E-state index contributed by atoms with van der Waals surface area (Å²) in [7, 11) is 0. The number of thiophene rings is 1. The maximum Gasteiger partial charge on any atom is 0.273 e. The van der Waals surface area contributed by atoms with Gasteiger partial charge in [0.1, 0.15) is 5.69 Å². The summed E-state index contributed by atoms with van der Waals surface area (Å²) in [4.78, 5) is 40.9. The van der Waals surface area contributed by atoms with Gasteiger partial charge in [0.2, 0.25) is 5.91 Å². The van der Waals surface area contributed by atoms with Crippen molar-refractivity contribution in [2.24, 2.45) is 5.92 Å². The fourth-order valence-electron chi connectivity index (χ4n) is 4.25. The molecule has 1 aliphatic rings. The number of benzene rings is 2. The van der Waals surface area contributed by atoms with Crippen LogP contribution in [0.15, 0.2) is 84.4 Å². The standard InChI is InChI=1S/C27H25N5O3S/c33-25(20-13-15-31(16-14-20)27(35)23-12-7-17-36-23)28-29-26(34)22-18-32(21-10-5-2-6-11-21)30-24(22)19-8-3-1-4-9-19/h1-12,17-18,20H,13-16H2,(H,28,33)(H,29,34). The zero-order chi connectivity index (χ0) is 24.9. The molecule has 1 aliphatic heterocycles. The number of nitrogens with zero attached hydrogens (tertiary/aromatic N) is 3. The van der Waals surface area contributed by atoms with Crippen molar-refractivity contribution in [1.82, 2.24) is 25.5 Å². The minimum absolute atomic E-state index is 0.000954. The summed E-state index contributed by atoms with van der Waals surface area (Å²) in [6.45, 7) is 1.01. The van der Waals surface area contributed by atoms with Gasteiger partial charge in [-0.3, -0.25) is 25.2 Å². The van der Waals surface area contributed by atoms with E-state index < -0.39 is 5.91 Å². The van der Waals surface area contributed by atoms with E-state index in [0.717, 1.165) is 11.3 Å². The van der Waals surface area contributed by atoms with Crippen LogP contribution in [0.4, 0.5) is 0 Å². The van der Waals surface area contributed by atoms with Crippen molar-refractivity contribution in [2.75, 3.05) is 13.1 Å². The van der Waals surface area contributed by atoms with E-state index in [4.69, 9.17) is 0 Å². The number of aromatic nitrogens is 2. The molecule has 3 heterocycles. The smallest absolute Gasteiger partial charge is 0.273 e. The van der Waals surface area contributed by atoms with Crippen LogP contribution < -0.4 is 10.9 Å². The number of amides is 3. The first kappa shape index (κ1) is 23.5. The molecule has 0 unspecified atom stereocenters. The van der Waals surface area contributed by atoms with Crippen LogP contribution in [0.1, 0.15) is 32.9 Å². The Morgan fingerprint density at radius 3 is 2.22 bits per heavy atom. The molecule has 5 rings (SSSR count). The molecule has 8 nitrogen and oxygen atoms in total. The number of nitrogens with one attached hydrogen (secondary N) is 2. The molecule has 0 atom stereocenters. The third-order valence-electron chi connectivity index (χ3n) is 6.21. The lowest BCUT2D eigenvalue weighted by Gasteiger charge is -2.31. The van der Waals surface area contributed by atoms with Crippen LogP contribution in [-0.4, -0.2) is 45.5 Å². The lowest BCUT2D eigenvalue weighted by atomic mass is 9.96. The van der Waals surface area contributed by atoms with E-state index >= 15 is 0 Å². The van der Waals surface area contributed by atoms with Gasteiger partial charge >= 0.3 is 0 Å². The zero-order valence-electron chi connectivity index (χ0n) is 19.5. The van der Waals surface area contributed by atoms with Gasteiger partial charge in [-0.25, -0.2) is 4.68 Å². The molecular formula is C27H25N5O3S. The number of likely N-dealkylation sites (tertiary alicyclic amines) is 1. The molecule has 1 fully saturated rings. The highest BCUT2D eigenvalue weighted by Gasteiger charge is 2.29. The van der Waals surface area contributed by atoms with Gasteiger partial charge in [-0.15, -0.1) is 11.3 Å². The highest BCUT2D eigenvalue weighted by Crippen LogP contribution is 2.24. The van der Waals surface area contributed by atoms with Gasteiger partial charge in [-0.05, 0) is 36.4 Å². The highest BCUT2D eigenvalue weighted by molar-refractivity contribution is 7.12. The molecule has 9 heteroatoms. The zero-order valence-corrected chi connectivity index (χ0v) is 20.3. The van der Waals surface area contributed by atoms with Gasteiger partial charge in [0.15, 0.2) is 0 Å². The molecule has 2 aromatic carbocycles. The van der Waals surface area contributed by atoms with Crippen molar-refractivity contribution in [1.29, 1.82) is 0 Å². The van der Waals surface area contributed by atoms with E-state index in [-0.39, 0.29) is 17.7 Å². The Morgan fingerprint density at radius 2 is 1.56 bits per heavy atom. The third kappa shape index (κ3) is 5.06. The molecule has 0 saturated carbocycles. The van der Waals surface area contributed by atoms with Gasteiger partial charge in [-0.2, -0.15) is 5.10 Å². The molecule has 3 amide bonds. The van der Waals surface area contributed by atoms with Gasteiger partial charge in [0.05, 0.1) is 16.1 Å². The molecular weight excluding hydrogens is 474 g/mol. The number of hydrogen-bond donors (Lipinski definition) is 2. The summed E-state index contributed by atoms with van der Waals surface area (Å²) in [5.41, 5.74) is 7.62. The number of carbonyl (C=O) groups excluding carboxylic acids is 3. The quantitative estimate of drug-likeness (QED) is 0.407. The van der Waals surface area contributed by atoms with Crippen molar-refractivity contribution in [3.05, 3.63) is 94.8 Å². The summed E-state index contributed by atoms with van der Waals surface area (Å²) < 4.78 is 1.65. The average molecular weight is 500 g/mol. The molecule has 1 saturated heterocycles. The third-order valence-corrected chi connectivity index (χ3v) is 7.07. The number of rotatable bonds is 5. The Balaban J connectivity index is 1.24. The van der Waals surface area contributed by atoms with Crippen LogP contribution in [0.25, 0.3) is 16.9 Å². The van der Waals surface area contributed by atoms with E-state index in [2.05, 4.69) is 16.0 Å². The van der Waals surface area contributed by atoms with E-state index in [1.807, 2.05) is 78.2 Å². The topological polar surface area (TPSA) is 96.3 Å². The van der Waals surface area contributed by atoms with Crippen LogP contribution in [-0.2, 0) is 4.79 Å². The molecule has 0 aliphatic carbocycles. The van der Waals surface area contributed by atoms with Crippen molar-refractivity contribution >= 4 is 29.1 Å². The molecule has 0 radical (unpaired) electrons. The monoisotopic (exact) mass is 499 g/mol. The van der Waals surface area contributed by atoms with E-state index in [9.17, 15) is 14.4 Å². The number of para-hydroxylation sites is 1. The van der Waals surface area contributed by atoms with Gasteiger partial charge in [-0.1, -0.05) is 54.6 Å². The van der Waals surface area contributed by atoms with Crippen LogP contribution in [0, 0.1) is 5.92 Å². The first-order valence-electron chi connectivity index (χ1n) is 11.7. The fraction of sp³-hybridized carbons (Fsp3) is 0.185. The first-order valence-corrected chi connectivity index (χ1v) is 12.6. The predicted octanol–water partition coefficient (Wildman–Crippen LogP) is 3.91. The summed E-state index contributed by atoms with van der Waals surface area (Å²) in [6.07, 6.45) is 2.74. The highest BCUT2D eigenvalue weighted by atomic mass is 32.1. The molecule has 2 aromatic heterocycles. The summed E-state index contributed by atoms with van der Waals surface area (Å²) in [6, 6.07) is 22.6. The van der Waals surface area contributed by atoms with Crippen LogP contribution in [0.5, 0.6) is 0 Å². The van der Waals surface area contributed by atoms with Crippen molar-refractivity contribution in [3.63, 3.8) is 0 Å². The van der Waals surface area contributed by atoms with Crippen molar-refractivity contribution in [3.8, 4) is 16.9 Å². The van der Waals surface area contributed by atoms with E-state index in [0.29, 0.717) is 42.1 Å². The minimum atomic E-state index is -0.449. The van der Waals surface area contributed by atoms with Crippen LogP contribution >= 0.6 is 11.3 Å². The van der Waals surface area contributed by atoms with Crippen molar-refractivity contribution < 1.29 is 14.4 Å². The normalized spacial score (nSPS) is 13.8. The van der Waals surface area contributed by atoms with Crippen molar-refractivity contribution in [2.45, 2.75) is 12.8 Å². The largest absolute Gasteiger partial charge is 0.338 e. The number of hydrogen-bond acceptors (Lipinski definition) is 5. The number of hydrazine groups is 1. The number of piperidine rings is 1. The molecule has 0 spiro atoms. The molecule has 0 bridgehead atoms. The summed E-state index contributed by atoms with van der Waals surface area (Å²) in [5, 5.41) is 6.52. The molecule has 36 heavy (non-hydrogen) atoms. The SMILES string of the molecule is O=C(NNC(=O)C1CCN(C(=O)c2cccs2)CC1)c1cn(-c2ccccc2)nc1-c1ccccc1. The Bertz CT molecular complexity index is 1340. The second-order valence-electron chi connectivity index (χ2n) is 8.52. The predicted molar refractivity (Wildman–Crippen MR) is 138 cm³/mol. The molecule has 2 N–H and O–H groups in total. The second-order valence-corrected chi connectivity index (χ2v) is 9.47. The molecule has 182 valence electrons. The molecule has 4 aromatic rings. The fourth-order valence-corrected chi connectivity index (χ4v) is 4.94. The first-order chi connectivity index (χ1) is 17.6. The Kier molecular flexibility index (Phi) is 6.90. The maximum atomic E-state index is 13.1. The lowest BCUT2D eigenvalue weighted by molar-refractivity contribution is -0.127.